The Hall–Kier alpha value is -3.01. The van der Waals surface area contributed by atoms with E-state index >= 15 is 0 Å². The second kappa shape index (κ2) is 11.3. The van der Waals surface area contributed by atoms with E-state index in [2.05, 4.69) is 10.2 Å². The first-order valence-corrected chi connectivity index (χ1v) is 14.3. The van der Waals surface area contributed by atoms with E-state index in [1.165, 1.54) is 25.0 Å². The van der Waals surface area contributed by atoms with Gasteiger partial charge in [0.1, 0.15) is 17.7 Å². The van der Waals surface area contributed by atoms with Crippen LogP contribution >= 0.6 is 0 Å². The molecule has 1 N–H and O–H groups in total. The van der Waals surface area contributed by atoms with Crippen LogP contribution in [0.4, 0.5) is 22.0 Å². The van der Waals surface area contributed by atoms with E-state index in [0.29, 0.717) is 31.3 Å². The van der Waals surface area contributed by atoms with Gasteiger partial charge in [0.15, 0.2) is 0 Å². The van der Waals surface area contributed by atoms with Crippen molar-refractivity contribution in [3.8, 4) is 0 Å². The molecular formula is C31H36F5N3O2. The summed E-state index contributed by atoms with van der Waals surface area (Å²) in [7, 11) is 0. The van der Waals surface area contributed by atoms with Crippen LogP contribution in [0.5, 0.6) is 0 Å². The van der Waals surface area contributed by atoms with Crippen molar-refractivity contribution in [2.75, 3.05) is 32.7 Å². The van der Waals surface area contributed by atoms with Crippen LogP contribution < -0.4 is 5.32 Å². The number of piperidine rings is 1. The topological polar surface area (TPSA) is 52.7 Å². The number of amides is 2. The highest BCUT2D eigenvalue weighted by atomic mass is 19.4. The fourth-order valence-corrected chi connectivity index (χ4v) is 6.51. The van der Waals surface area contributed by atoms with Gasteiger partial charge in [0.05, 0.1) is 11.1 Å². The number of nitrogens with one attached hydrogen (secondary N) is 1. The Kier molecular flexibility index (Phi) is 8.16. The van der Waals surface area contributed by atoms with Crippen molar-refractivity contribution in [2.24, 2.45) is 17.3 Å². The van der Waals surface area contributed by atoms with E-state index in [4.69, 9.17) is 0 Å². The maximum Gasteiger partial charge on any atom is 0.416 e. The van der Waals surface area contributed by atoms with Gasteiger partial charge in [-0.25, -0.2) is 8.78 Å². The maximum atomic E-state index is 14.3. The summed E-state index contributed by atoms with van der Waals surface area (Å²) in [6.07, 6.45) is -0.759. The molecule has 10 heteroatoms. The van der Waals surface area contributed by atoms with Gasteiger partial charge in [0.2, 0.25) is 5.91 Å². The van der Waals surface area contributed by atoms with Crippen LogP contribution in [0.15, 0.2) is 42.5 Å². The first-order chi connectivity index (χ1) is 19.4. The molecule has 1 spiro atoms. The molecule has 222 valence electrons. The minimum absolute atomic E-state index is 0.0682. The van der Waals surface area contributed by atoms with Crippen molar-refractivity contribution >= 4 is 11.8 Å². The van der Waals surface area contributed by atoms with Crippen LogP contribution in [0, 0.1) is 28.9 Å². The maximum absolute atomic E-state index is 14.3. The third kappa shape index (κ3) is 6.42. The van der Waals surface area contributed by atoms with Crippen molar-refractivity contribution in [3.63, 3.8) is 0 Å². The van der Waals surface area contributed by atoms with E-state index in [0.717, 1.165) is 44.0 Å². The Bertz CT molecular complexity index is 1270. The van der Waals surface area contributed by atoms with E-state index in [9.17, 15) is 31.5 Å². The van der Waals surface area contributed by atoms with Gasteiger partial charge in [-0.05, 0) is 78.8 Å². The minimum Gasteiger partial charge on any atom is -0.341 e. The first-order valence-electron chi connectivity index (χ1n) is 14.3. The van der Waals surface area contributed by atoms with Gasteiger partial charge in [-0.1, -0.05) is 26.0 Å². The summed E-state index contributed by atoms with van der Waals surface area (Å²) in [5.74, 6) is -2.18. The second-order valence-corrected chi connectivity index (χ2v) is 12.3. The zero-order valence-corrected chi connectivity index (χ0v) is 23.3. The molecule has 1 aliphatic carbocycles. The number of hydrogen-bond donors (Lipinski definition) is 1. The smallest absolute Gasteiger partial charge is 0.341 e. The molecule has 2 amide bonds. The van der Waals surface area contributed by atoms with Crippen LogP contribution in [0.3, 0.4) is 0 Å². The summed E-state index contributed by atoms with van der Waals surface area (Å²) in [5.41, 5.74) is -0.859. The molecule has 1 saturated carbocycles. The summed E-state index contributed by atoms with van der Waals surface area (Å²) in [6.45, 7) is 7.24. The van der Waals surface area contributed by atoms with Crippen molar-refractivity contribution < 1.29 is 31.5 Å². The SMILES string of the molecule is CC(C)[C@@H](NC(=O)c1cc(C(F)(F)F)ccc1F)C(=O)N1CCC2(CC1)CN(CC1CC1)CC2c1ccc(F)cc1. The predicted octanol–water partition coefficient (Wildman–Crippen LogP) is 5.86. The molecule has 2 heterocycles. The molecule has 2 aromatic rings. The fraction of sp³-hybridized carbons (Fsp3) is 0.548. The fourth-order valence-electron chi connectivity index (χ4n) is 6.51. The molecule has 3 aliphatic rings. The number of rotatable bonds is 7. The number of carbonyl (C=O) groups excluding carboxylic acids is 2. The highest BCUT2D eigenvalue weighted by molar-refractivity contribution is 5.98. The minimum atomic E-state index is -4.74. The lowest BCUT2D eigenvalue weighted by molar-refractivity contribution is -0.138. The van der Waals surface area contributed by atoms with Crippen LogP contribution in [-0.2, 0) is 11.0 Å². The predicted molar refractivity (Wildman–Crippen MR) is 144 cm³/mol. The standard InChI is InChI=1S/C31H36F5N3O2/c1-19(2)27(37-28(40)24-15-22(31(34,35)36)7-10-26(24)33)29(41)39-13-11-30(12-14-39)18-38(16-20-3-4-20)17-25(30)21-5-8-23(32)9-6-21/h5-10,15,19-20,25,27H,3-4,11-14,16-18H2,1-2H3,(H,37,40)/t25?,27-/m1/s1. The molecule has 0 aromatic heterocycles. The monoisotopic (exact) mass is 577 g/mol. The van der Waals surface area contributed by atoms with Gasteiger partial charge in [0, 0.05) is 38.6 Å². The van der Waals surface area contributed by atoms with Crippen molar-refractivity contribution in [3.05, 3.63) is 70.8 Å². The molecule has 2 saturated heterocycles. The Morgan fingerprint density at radius 1 is 1.02 bits per heavy atom. The van der Waals surface area contributed by atoms with Crippen molar-refractivity contribution in [2.45, 2.75) is 57.7 Å². The lowest BCUT2D eigenvalue weighted by atomic mass is 9.68. The van der Waals surface area contributed by atoms with Gasteiger partial charge in [-0.3, -0.25) is 9.59 Å². The van der Waals surface area contributed by atoms with E-state index < -0.39 is 35.1 Å². The van der Waals surface area contributed by atoms with Gasteiger partial charge in [0.25, 0.3) is 5.91 Å². The number of benzene rings is 2. The zero-order chi connectivity index (χ0) is 29.5. The lowest BCUT2D eigenvalue weighted by Crippen LogP contribution is -2.54. The molecular weight excluding hydrogens is 541 g/mol. The molecule has 41 heavy (non-hydrogen) atoms. The molecule has 0 bridgehead atoms. The Morgan fingerprint density at radius 3 is 2.27 bits per heavy atom. The average molecular weight is 578 g/mol. The molecule has 5 nitrogen and oxygen atoms in total. The van der Waals surface area contributed by atoms with Gasteiger partial charge >= 0.3 is 6.18 Å². The van der Waals surface area contributed by atoms with Gasteiger partial charge in [-0.2, -0.15) is 13.2 Å². The van der Waals surface area contributed by atoms with E-state index in [1.54, 1.807) is 18.7 Å². The Morgan fingerprint density at radius 2 is 1.68 bits per heavy atom. The van der Waals surface area contributed by atoms with E-state index in [1.807, 2.05) is 12.1 Å². The summed E-state index contributed by atoms with van der Waals surface area (Å²) < 4.78 is 67.5. The number of likely N-dealkylation sites (tertiary alicyclic amines) is 2. The summed E-state index contributed by atoms with van der Waals surface area (Å²) >= 11 is 0. The van der Waals surface area contributed by atoms with Crippen molar-refractivity contribution in [1.29, 1.82) is 0 Å². The number of hydrogen-bond acceptors (Lipinski definition) is 3. The van der Waals surface area contributed by atoms with Gasteiger partial charge < -0.3 is 15.1 Å². The van der Waals surface area contributed by atoms with Crippen LogP contribution in [0.1, 0.15) is 66.9 Å². The molecule has 2 atom stereocenters. The number of nitrogens with zero attached hydrogens (tertiary/aromatic N) is 2. The third-order valence-electron chi connectivity index (χ3n) is 9.03. The molecule has 2 aliphatic heterocycles. The van der Waals surface area contributed by atoms with Crippen molar-refractivity contribution in [1.82, 2.24) is 15.1 Å². The summed E-state index contributed by atoms with van der Waals surface area (Å²) in [4.78, 5) is 30.7. The highest BCUT2D eigenvalue weighted by Crippen LogP contribution is 2.50. The van der Waals surface area contributed by atoms with E-state index in [-0.39, 0.29) is 29.0 Å². The molecule has 5 rings (SSSR count). The molecule has 0 radical (unpaired) electrons. The number of alkyl halides is 3. The quantitative estimate of drug-likeness (QED) is 0.420. The lowest BCUT2D eigenvalue weighted by Gasteiger charge is -2.44. The van der Waals surface area contributed by atoms with Crippen LogP contribution in [0.25, 0.3) is 0 Å². The second-order valence-electron chi connectivity index (χ2n) is 12.3. The summed E-state index contributed by atoms with van der Waals surface area (Å²) in [6, 6.07) is 7.35. The van der Waals surface area contributed by atoms with Gasteiger partial charge in [-0.15, -0.1) is 0 Å². The Labute approximate surface area is 237 Å². The molecule has 2 aromatic carbocycles. The average Bonchev–Trinajstić information content (AvgIpc) is 3.67. The molecule has 1 unspecified atom stereocenters. The van der Waals surface area contributed by atoms with Crippen LogP contribution in [-0.4, -0.2) is 60.4 Å². The highest BCUT2D eigenvalue weighted by Gasteiger charge is 2.50. The third-order valence-corrected chi connectivity index (χ3v) is 9.03. The largest absolute Gasteiger partial charge is 0.416 e. The normalized spacial score (nSPS) is 21.9. The first kappa shape index (κ1) is 29.5. The molecule has 3 fully saturated rings. The zero-order valence-electron chi connectivity index (χ0n) is 23.3. The Balaban J connectivity index is 1.29. The summed E-state index contributed by atoms with van der Waals surface area (Å²) in [5, 5.41) is 2.50. The van der Waals surface area contributed by atoms with Crippen LogP contribution in [0.2, 0.25) is 0 Å². The number of carbonyl (C=O) groups is 2. The number of halogens is 5.